The van der Waals surface area contributed by atoms with Crippen LogP contribution in [0.15, 0.2) is 23.1 Å². The first-order valence-electron chi connectivity index (χ1n) is 6.22. The SMILES string of the molecule is CN(CC1CCCO1)S(=O)(=O)c1cc(C#N)ccc1Cl. The molecule has 108 valence electrons. The third kappa shape index (κ3) is 3.13. The Morgan fingerprint density at radius 2 is 2.30 bits per heavy atom. The molecule has 0 aromatic heterocycles. The summed E-state index contributed by atoms with van der Waals surface area (Å²) in [6.07, 6.45) is 1.72. The monoisotopic (exact) mass is 314 g/mol. The highest BCUT2D eigenvalue weighted by Crippen LogP contribution is 2.26. The number of benzene rings is 1. The molecule has 1 aromatic rings. The van der Waals surface area contributed by atoms with Crippen LogP contribution in [0.25, 0.3) is 0 Å². The molecule has 20 heavy (non-hydrogen) atoms. The molecule has 0 spiro atoms. The number of ether oxygens (including phenoxy) is 1. The first kappa shape index (κ1) is 15.3. The molecule has 0 N–H and O–H groups in total. The van der Waals surface area contributed by atoms with Crippen LogP contribution in [-0.4, -0.2) is 39.0 Å². The summed E-state index contributed by atoms with van der Waals surface area (Å²) in [5.74, 6) is 0. The smallest absolute Gasteiger partial charge is 0.244 e. The Balaban J connectivity index is 2.27. The van der Waals surface area contributed by atoms with E-state index in [1.807, 2.05) is 6.07 Å². The van der Waals surface area contributed by atoms with E-state index in [4.69, 9.17) is 21.6 Å². The fraction of sp³-hybridized carbons (Fsp3) is 0.462. The molecular formula is C13H15ClN2O3S. The van der Waals surface area contributed by atoms with Crippen LogP contribution in [0.5, 0.6) is 0 Å². The highest BCUT2D eigenvalue weighted by molar-refractivity contribution is 7.89. The summed E-state index contributed by atoms with van der Waals surface area (Å²) >= 11 is 5.95. The zero-order chi connectivity index (χ0) is 14.8. The van der Waals surface area contributed by atoms with Crippen molar-refractivity contribution in [1.29, 1.82) is 5.26 Å². The minimum Gasteiger partial charge on any atom is -0.377 e. The van der Waals surface area contributed by atoms with Gasteiger partial charge in [0.2, 0.25) is 10.0 Å². The van der Waals surface area contributed by atoms with Gasteiger partial charge >= 0.3 is 0 Å². The molecule has 0 amide bonds. The van der Waals surface area contributed by atoms with Crippen molar-refractivity contribution in [2.24, 2.45) is 0 Å². The van der Waals surface area contributed by atoms with Gasteiger partial charge in [-0.15, -0.1) is 0 Å². The van der Waals surface area contributed by atoms with Gasteiger partial charge in [0, 0.05) is 20.2 Å². The lowest BCUT2D eigenvalue weighted by atomic mass is 10.2. The Morgan fingerprint density at radius 1 is 1.55 bits per heavy atom. The van der Waals surface area contributed by atoms with E-state index in [-0.39, 0.29) is 28.1 Å². The molecule has 2 rings (SSSR count). The maximum Gasteiger partial charge on any atom is 0.244 e. The van der Waals surface area contributed by atoms with Crippen LogP contribution in [-0.2, 0) is 14.8 Å². The van der Waals surface area contributed by atoms with Gasteiger partial charge in [-0.25, -0.2) is 8.42 Å². The molecule has 1 aliphatic heterocycles. The molecule has 1 saturated heterocycles. The van der Waals surface area contributed by atoms with Crippen LogP contribution in [0, 0.1) is 11.3 Å². The predicted molar refractivity (Wildman–Crippen MR) is 75.0 cm³/mol. The summed E-state index contributed by atoms with van der Waals surface area (Å²) in [5, 5.41) is 8.98. The fourth-order valence-corrected chi connectivity index (χ4v) is 3.81. The predicted octanol–water partition coefficient (Wildman–Crippen LogP) is 2.01. The number of halogens is 1. The van der Waals surface area contributed by atoms with E-state index in [1.165, 1.54) is 29.6 Å². The molecule has 7 heteroatoms. The number of hydrogen-bond donors (Lipinski definition) is 0. The summed E-state index contributed by atoms with van der Waals surface area (Å²) in [7, 11) is -2.23. The summed E-state index contributed by atoms with van der Waals surface area (Å²) < 4.78 is 31.6. The third-order valence-electron chi connectivity index (χ3n) is 3.23. The molecule has 0 radical (unpaired) electrons. The van der Waals surface area contributed by atoms with Crippen molar-refractivity contribution in [2.75, 3.05) is 20.2 Å². The van der Waals surface area contributed by atoms with Crippen LogP contribution < -0.4 is 0 Å². The van der Waals surface area contributed by atoms with Crippen molar-refractivity contribution in [3.05, 3.63) is 28.8 Å². The summed E-state index contributed by atoms with van der Waals surface area (Å²) in [5.41, 5.74) is 0.262. The van der Waals surface area contributed by atoms with E-state index < -0.39 is 10.0 Å². The molecule has 0 saturated carbocycles. The second kappa shape index (κ2) is 6.10. The number of sulfonamides is 1. The minimum absolute atomic E-state index is 0.0429. The number of nitriles is 1. The average Bonchev–Trinajstić information content (AvgIpc) is 2.92. The average molecular weight is 315 g/mol. The molecule has 1 unspecified atom stereocenters. The van der Waals surface area contributed by atoms with Gasteiger partial charge < -0.3 is 4.74 Å². The standard InChI is InChI=1S/C13H15ClN2O3S/c1-16(9-11-3-2-6-19-11)20(17,18)13-7-10(8-15)4-5-12(13)14/h4-5,7,11H,2-3,6,9H2,1H3. The van der Waals surface area contributed by atoms with Crippen molar-refractivity contribution in [3.8, 4) is 6.07 Å². The highest BCUT2D eigenvalue weighted by Gasteiger charge is 2.27. The zero-order valence-corrected chi connectivity index (χ0v) is 12.6. The van der Waals surface area contributed by atoms with E-state index in [0.717, 1.165) is 12.8 Å². The van der Waals surface area contributed by atoms with Gasteiger partial charge in [0.05, 0.1) is 22.8 Å². The third-order valence-corrected chi connectivity index (χ3v) is 5.54. The second-order valence-corrected chi connectivity index (χ2v) is 7.10. The van der Waals surface area contributed by atoms with Crippen molar-refractivity contribution in [2.45, 2.75) is 23.8 Å². The van der Waals surface area contributed by atoms with Crippen LogP contribution in [0.4, 0.5) is 0 Å². The summed E-state index contributed by atoms with van der Waals surface area (Å²) in [6.45, 7) is 0.957. The largest absolute Gasteiger partial charge is 0.377 e. The number of likely N-dealkylation sites (N-methyl/N-ethyl adjacent to an activating group) is 1. The quantitative estimate of drug-likeness (QED) is 0.852. The Labute approximate surface area is 123 Å². The van der Waals surface area contributed by atoms with E-state index in [0.29, 0.717) is 6.61 Å². The van der Waals surface area contributed by atoms with Gasteiger partial charge in [-0.3, -0.25) is 0 Å². The molecule has 1 fully saturated rings. The van der Waals surface area contributed by atoms with Crippen molar-refractivity contribution >= 4 is 21.6 Å². The fourth-order valence-electron chi connectivity index (χ4n) is 2.11. The maximum atomic E-state index is 12.5. The Morgan fingerprint density at radius 3 is 2.90 bits per heavy atom. The van der Waals surface area contributed by atoms with E-state index in [9.17, 15) is 8.42 Å². The highest BCUT2D eigenvalue weighted by atomic mass is 35.5. The van der Waals surface area contributed by atoms with Crippen molar-refractivity contribution in [3.63, 3.8) is 0 Å². The Hall–Kier alpha value is -1.13. The minimum atomic E-state index is -3.72. The summed E-state index contributed by atoms with van der Waals surface area (Å²) in [4.78, 5) is -0.0429. The first-order valence-corrected chi connectivity index (χ1v) is 8.04. The van der Waals surface area contributed by atoms with Gasteiger partial charge in [-0.05, 0) is 31.0 Å². The lowest BCUT2D eigenvalue weighted by Crippen LogP contribution is -2.34. The second-order valence-electron chi connectivity index (χ2n) is 4.68. The molecular weight excluding hydrogens is 300 g/mol. The number of nitrogens with zero attached hydrogens (tertiary/aromatic N) is 2. The first-order chi connectivity index (χ1) is 9.45. The molecule has 1 heterocycles. The lowest BCUT2D eigenvalue weighted by molar-refractivity contribution is 0.0979. The summed E-state index contributed by atoms with van der Waals surface area (Å²) in [6, 6.07) is 6.12. The normalized spacial score (nSPS) is 19.2. The molecule has 1 aliphatic rings. The molecule has 0 bridgehead atoms. The number of hydrogen-bond acceptors (Lipinski definition) is 4. The van der Waals surface area contributed by atoms with Crippen LogP contribution in [0.1, 0.15) is 18.4 Å². The van der Waals surface area contributed by atoms with Gasteiger partial charge in [-0.1, -0.05) is 11.6 Å². The Kier molecular flexibility index (Phi) is 4.66. The van der Waals surface area contributed by atoms with Crippen molar-refractivity contribution < 1.29 is 13.2 Å². The molecule has 0 aliphatic carbocycles. The van der Waals surface area contributed by atoms with Crippen LogP contribution in [0.2, 0.25) is 5.02 Å². The van der Waals surface area contributed by atoms with Crippen LogP contribution >= 0.6 is 11.6 Å². The van der Waals surface area contributed by atoms with Crippen molar-refractivity contribution in [1.82, 2.24) is 4.31 Å². The van der Waals surface area contributed by atoms with E-state index >= 15 is 0 Å². The van der Waals surface area contributed by atoms with Gasteiger partial charge in [0.1, 0.15) is 4.90 Å². The van der Waals surface area contributed by atoms with Crippen LogP contribution in [0.3, 0.4) is 0 Å². The van der Waals surface area contributed by atoms with E-state index in [2.05, 4.69) is 0 Å². The van der Waals surface area contributed by atoms with Gasteiger partial charge in [0.15, 0.2) is 0 Å². The molecule has 5 nitrogen and oxygen atoms in total. The zero-order valence-electron chi connectivity index (χ0n) is 11.0. The maximum absolute atomic E-state index is 12.5. The van der Waals surface area contributed by atoms with Gasteiger partial charge in [0.25, 0.3) is 0 Å². The molecule has 1 atom stereocenters. The topological polar surface area (TPSA) is 70.4 Å². The molecule has 1 aromatic carbocycles. The Bertz CT molecular complexity index is 634. The number of rotatable bonds is 4. The van der Waals surface area contributed by atoms with E-state index in [1.54, 1.807) is 0 Å². The van der Waals surface area contributed by atoms with Gasteiger partial charge in [-0.2, -0.15) is 9.57 Å². The lowest BCUT2D eigenvalue weighted by Gasteiger charge is -2.21.